The Balaban J connectivity index is 1.76. The van der Waals surface area contributed by atoms with Gasteiger partial charge in [0, 0.05) is 18.8 Å². The molecule has 0 spiro atoms. The van der Waals surface area contributed by atoms with Crippen molar-refractivity contribution in [2.75, 3.05) is 38.5 Å². The number of hydrogen-bond donors (Lipinski definition) is 2. The van der Waals surface area contributed by atoms with E-state index in [-0.39, 0.29) is 11.8 Å². The van der Waals surface area contributed by atoms with Gasteiger partial charge in [0.1, 0.15) is 0 Å². The molecule has 2 N–H and O–H groups in total. The van der Waals surface area contributed by atoms with Gasteiger partial charge in [0.2, 0.25) is 0 Å². The minimum atomic E-state index is -0.0585. The summed E-state index contributed by atoms with van der Waals surface area (Å²) >= 11 is 0. The zero-order chi connectivity index (χ0) is 17.4. The molecule has 0 aromatic heterocycles. The van der Waals surface area contributed by atoms with Crippen LogP contribution in [0.4, 0.5) is 5.69 Å². The van der Waals surface area contributed by atoms with Crippen LogP contribution in [0.25, 0.3) is 0 Å². The molecule has 1 saturated heterocycles. The molecule has 1 aliphatic rings. The van der Waals surface area contributed by atoms with Gasteiger partial charge in [-0.2, -0.15) is 0 Å². The van der Waals surface area contributed by atoms with Crippen LogP contribution in [0.15, 0.2) is 24.3 Å². The second-order valence-corrected chi connectivity index (χ2v) is 6.87. The second kappa shape index (κ2) is 9.42. The minimum Gasteiger partial charge on any atom is -0.338 e. The first-order chi connectivity index (χ1) is 11.5. The van der Waals surface area contributed by atoms with Crippen molar-refractivity contribution in [2.45, 2.75) is 39.0 Å². The quantitative estimate of drug-likeness (QED) is 0.852. The SMILES string of the molecule is Cc1ccc(NC(=O)C[NH+](C)CC(=O)N2CCCCCCC2)cc1. The molecular weight excluding hydrogens is 302 g/mol. The average molecular weight is 332 g/mol. The van der Waals surface area contributed by atoms with E-state index in [1.807, 2.05) is 43.1 Å². The number of rotatable bonds is 5. The lowest BCUT2D eigenvalue weighted by Gasteiger charge is -2.25. The zero-order valence-electron chi connectivity index (χ0n) is 14.9. The number of carbonyl (C=O) groups excluding carboxylic acids is 2. The Kier molecular flexibility index (Phi) is 7.25. The van der Waals surface area contributed by atoms with Gasteiger partial charge in [-0.05, 0) is 31.9 Å². The molecular formula is C19H30N3O2+. The molecule has 0 bridgehead atoms. The van der Waals surface area contributed by atoms with Gasteiger partial charge >= 0.3 is 0 Å². The van der Waals surface area contributed by atoms with Crippen molar-refractivity contribution in [1.82, 2.24) is 4.90 Å². The van der Waals surface area contributed by atoms with Gasteiger partial charge in [-0.25, -0.2) is 0 Å². The monoisotopic (exact) mass is 332 g/mol. The van der Waals surface area contributed by atoms with Gasteiger partial charge in [-0.1, -0.05) is 37.0 Å². The first-order valence-corrected chi connectivity index (χ1v) is 9.00. The molecule has 5 nitrogen and oxygen atoms in total. The Morgan fingerprint density at radius 3 is 2.21 bits per heavy atom. The van der Waals surface area contributed by atoms with Gasteiger partial charge in [0.05, 0.1) is 7.05 Å². The molecule has 1 heterocycles. The predicted octanol–water partition coefficient (Wildman–Crippen LogP) is 1.24. The number of anilines is 1. The summed E-state index contributed by atoms with van der Waals surface area (Å²) in [4.78, 5) is 27.4. The molecule has 1 unspecified atom stereocenters. The number of amides is 2. The number of aryl methyl sites for hydroxylation is 1. The fourth-order valence-corrected chi connectivity index (χ4v) is 3.05. The molecule has 1 atom stereocenters. The standard InChI is InChI=1S/C19H29N3O2/c1-16-8-10-17(11-9-16)20-18(23)14-21(2)15-19(24)22-12-6-4-3-5-7-13-22/h8-11H,3-7,12-15H2,1-2H3,(H,20,23)/p+1. The molecule has 1 aromatic carbocycles. The predicted molar refractivity (Wildman–Crippen MR) is 96.1 cm³/mol. The van der Waals surface area contributed by atoms with Crippen LogP contribution in [0.1, 0.15) is 37.7 Å². The summed E-state index contributed by atoms with van der Waals surface area (Å²) < 4.78 is 0. The number of likely N-dealkylation sites (N-methyl/N-ethyl adjacent to an activating group) is 1. The van der Waals surface area contributed by atoms with Crippen LogP contribution < -0.4 is 10.2 Å². The van der Waals surface area contributed by atoms with Crippen molar-refractivity contribution in [2.24, 2.45) is 0 Å². The molecule has 0 aliphatic carbocycles. The van der Waals surface area contributed by atoms with Gasteiger partial charge in [0.15, 0.2) is 13.1 Å². The highest BCUT2D eigenvalue weighted by Crippen LogP contribution is 2.10. The van der Waals surface area contributed by atoms with Crippen molar-refractivity contribution in [1.29, 1.82) is 0 Å². The first-order valence-electron chi connectivity index (χ1n) is 9.00. The summed E-state index contributed by atoms with van der Waals surface area (Å²) in [6.07, 6.45) is 5.90. The van der Waals surface area contributed by atoms with Crippen molar-refractivity contribution < 1.29 is 14.5 Å². The van der Waals surface area contributed by atoms with E-state index in [9.17, 15) is 9.59 Å². The van der Waals surface area contributed by atoms with E-state index in [2.05, 4.69) is 5.32 Å². The zero-order valence-corrected chi connectivity index (χ0v) is 14.9. The Hall–Kier alpha value is -1.88. The third-order valence-corrected chi connectivity index (χ3v) is 4.46. The molecule has 5 heteroatoms. The van der Waals surface area contributed by atoms with Crippen LogP contribution in [0.2, 0.25) is 0 Å². The third kappa shape index (κ3) is 6.32. The first kappa shape index (κ1) is 18.5. The van der Waals surface area contributed by atoms with Crippen LogP contribution in [0.5, 0.6) is 0 Å². The lowest BCUT2D eigenvalue weighted by molar-refractivity contribution is -0.862. The highest BCUT2D eigenvalue weighted by molar-refractivity contribution is 5.91. The maximum Gasteiger partial charge on any atom is 0.279 e. The van der Waals surface area contributed by atoms with E-state index in [1.165, 1.54) is 19.3 Å². The number of hydrogen-bond acceptors (Lipinski definition) is 2. The van der Waals surface area contributed by atoms with Crippen LogP contribution in [0, 0.1) is 6.92 Å². The van der Waals surface area contributed by atoms with E-state index >= 15 is 0 Å². The summed E-state index contributed by atoms with van der Waals surface area (Å²) in [5.74, 6) is 0.106. The summed E-state index contributed by atoms with van der Waals surface area (Å²) in [6.45, 7) is 4.41. The molecule has 132 valence electrons. The molecule has 0 radical (unpaired) electrons. The van der Waals surface area contributed by atoms with Crippen molar-refractivity contribution in [3.8, 4) is 0 Å². The number of quaternary nitrogens is 1. The van der Waals surface area contributed by atoms with Crippen LogP contribution in [-0.4, -0.2) is 49.9 Å². The van der Waals surface area contributed by atoms with Gasteiger partial charge < -0.3 is 15.1 Å². The van der Waals surface area contributed by atoms with E-state index in [1.54, 1.807) is 0 Å². The van der Waals surface area contributed by atoms with E-state index < -0.39 is 0 Å². The summed E-state index contributed by atoms with van der Waals surface area (Å²) in [7, 11) is 1.90. The normalized spacial score (nSPS) is 16.8. The molecule has 24 heavy (non-hydrogen) atoms. The molecule has 1 fully saturated rings. The Morgan fingerprint density at radius 2 is 1.58 bits per heavy atom. The Labute approximate surface area is 145 Å². The highest BCUT2D eigenvalue weighted by Gasteiger charge is 2.20. The maximum atomic E-state index is 12.4. The van der Waals surface area contributed by atoms with Gasteiger partial charge in [-0.3, -0.25) is 9.59 Å². The highest BCUT2D eigenvalue weighted by atomic mass is 16.2. The van der Waals surface area contributed by atoms with Crippen molar-refractivity contribution >= 4 is 17.5 Å². The van der Waals surface area contributed by atoms with E-state index in [4.69, 9.17) is 0 Å². The van der Waals surface area contributed by atoms with E-state index in [0.29, 0.717) is 13.1 Å². The summed E-state index contributed by atoms with van der Waals surface area (Å²) in [6, 6.07) is 7.73. The molecule has 1 aliphatic heterocycles. The van der Waals surface area contributed by atoms with Crippen LogP contribution in [-0.2, 0) is 9.59 Å². The Morgan fingerprint density at radius 1 is 1.00 bits per heavy atom. The lowest BCUT2D eigenvalue weighted by atomic mass is 10.1. The van der Waals surface area contributed by atoms with Crippen LogP contribution in [0.3, 0.4) is 0 Å². The third-order valence-electron chi connectivity index (χ3n) is 4.46. The number of nitrogens with zero attached hydrogens (tertiary/aromatic N) is 1. The smallest absolute Gasteiger partial charge is 0.279 e. The average Bonchev–Trinajstić information content (AvgIpc) is 2.48. The maximum absolute atomic E-state index is 12.4. The molecule has 2 rings (SSSR count). The summed E-state index contributed by atoms with van der Waals surface area (Å²) in [5, 5.41) is 2.89. The molecule has 2 amide bonds. The Bertz CT molecular complexity index is 534. The molecule has 0 saturated carbocycles. The number of carbonyl (C=O) groups is 2. The van der Waals surface area contributed by atoms with Gasteiger partial charge in [0.25, 0.3) is 11.8 Å². The van der Waals surface area contributed by atoms with E-state index in [0.717, 1.165) is 42.1 Å². The fourth-order valence-electron chi connectivity index (χ4n) is 3.05. The van der Waals surface area contributed by atoms with Crippen molar-refractivity contribution in [3.05, 3.63) is 29.8 Å². The van der Waals surface area contributed by atoms with Gasteiger partial charge in [-0.15, -0.1) is 0 Å². The van der Waals surface area contributed by atoms with Crippen LogP contribution >= 0.6 is 0 Å². The fraction of sp³-hybridized carbons (Fsp3) is 0.579. The number of likely N-dealkylation sites (tertiary alicyclic amines) is 1. The molecule has 1 aromatic rings. The lowest BCUT2D eigenvalue weighted by Crippen LogP contribution is -3.11. The summed E-state index contributed by atoms with van der Waals surface area (Å²) in [5.41, 5.74) is 1.96. The van der Waals surface area contributed by atoms with Crippen molar-refractivity contribution in [3.63, 3.8) is 0 Å². The second-order valence-electron chi connectivity index (χ2n) is 6.87. The minimum absolute atomic E-state index is 0.0585. The number of nitrogens with one attached hydrogen (secondary N) is 2. The number of benzene rings is 1. The topological polar surface area (TPSA) is 53.9 Å². The largest absolute Gasteiger partial charge is 0.338 e.